The number of Topliss-reactive ketones (excluding diaryl/α,β-unsaturated/α-hetero) is 1. The molecule has 0 aromatic carbocycles. The van der Waals surface area contributed by atoms with Crippen LogP contribution in [0.2, 0.25) is 0 Å². The Balaban J connectivity index is 1.57. The summed E-state index contributed by atoms with van der Waals surface area (Å²) in [7, 11) is 0. The Labute approximate surface area is 169 Å². The van der Waals surface area contributed by atoms with E-state index in [1.807, 2.05) is 0 Å². The smallest absolute Gasteiger partial charge is 0.303 e. The van der Waals surface area contributed by atoms with E-state index in [9.17, 15) is 14.7 Å². The number of carboxylic acids is 1. The van der Waals surface area contributed by atoms with E-state index in [4.69, 9.17) is 5.11 Å². The van der Waals surface area contributed by atoms with Crippen LogP contribution in [0.25, 0.3) is 0 Å². The van der Waals surface area contributed by atoms with Crippen molar-refractivity contribution in [2.24, 2.45) is 46.3 Å². The lowest BCUT2D eigenvalue weighted by atomic mass is 9.44. The van der Waals surface area contributed by atoms with Crippen LogP contribution in [-0.4, -0.2) is 28.1 Å². The van der Waals surface area contributed by atoms with Crippen molar-refractivity contribution in [1.29, 1.82) is 0 Å². The van der Waals surface area contributed by atoms with Crippen molar-refractivity contribution >= 4 is 11.8 Å². The van der Waals surface area contributed by atoms with Crippen LogP contribution in [0.3, 0.4) is 0 Å². The van der Waals surface area contributed by atoms with Crippen molar-refractivity contribution in [3.8, 4) is 0 Å². The van der Waals surface area contributed by atoms with Gasteiger partial charge >= 0.3 is 5.97 Å². The average Bonchev–Trinajstić information content (AvgIpc) is 3.00. The molecule has 4 heteroatoms. The summed E-state index contributed by atoms with van der Waals surface area (Å²) in [5.74, 6) is 2.52. The molecule has 4 saturated carbocycles. The maximum Gasteiger partial charge on any atom is 0.303 e. The van der Waals surface area contributed by atoms with Crippen molar-refractivity contribution in [2.45, 2.75) is 91.1 Å². The van der Waals surface area contributed by atoms with Gasteiger partial charge in [-0.2, -0.15) is 0 Å². The molecule has 0 bridgehead atoms. The van der Waals surface area contributed by atoms with Crippen molar-refractivity contribution in [1.82, 2.24) is 0 Å². The quantitative estimate of drug-likeness (QED) is 0.730. The molecule has 2 N–H and O–H groups in total. The number of hydrogen-bond acceptors (Lipinski definition) is 3. The first kappa shape index (κ1) is 20.4. The third-order valence-corrected chi connectivity index (χ3v) is 10.1. The Bertz CT molecular complexity index is 645. The van der Waals surface area contributed by atoms with E-state index in [-0.39, 0.29) is 23.4 Å². The largest absolute Gasteiger partial charge is 0.481 e. The molecule has 0 saturated heterocycles. The lowest BCUT2D eigenvalue weighted by Crippen LogP contribution is -2.57. The van der Waals surface area contributed by atoms with Crippen molar-refractivity contribution < 1.29 is 19.8 Å². The van der Waals surface area contributed by atoms with Gasteiger partial charge in [0.25, 0.3) is 0 Å². The van der Waals surface area contributed by atoms with Crippen molar-refractivity contribution in [3.63, 3.8) is 0 Å². The Morgan fingerprint density at radius 2 is 1.89 bits per heavy atom. The molecule has 0 aromatic heterocycles. The van der Waals surface area contributed by atoms with Gasteiger partial charge in [-0.15, -0.1) is 0 Å². The molecule has 9 atom stereocenters. The van der Waals surface area contributed by atoms with Gasteiger partial charge in [0.2, 0.25) is 0 Å². The van der Waals surface area contributed by atoms with E-state index in [1.165, 1.54) is 12.8 Å². The molecule has 4 aliphatic rings. The van der Waals surface area contributed by atoms with E-state index >= 15 is 0 Å². The second-order valence-electron chi connectivity index (χ2n) is 11.1. The topological polar surface area (TPSA) is 74.6 Å². The van der Waals surface area contributed by atoms with Gasteiger partial charge in [0.15, 0.2) is 0 Å². The van der Waals surface area contributed by atoms with Gasteiger partial charge in [-0.1, -0.05) is 20.8 Å². The molecule has 0 radical (unpaired) electrons. The Morgan fingerprint density at radius 1 is 1.14 bits per heavy atom. The van der Waals surface area contributed by atoms with Crippen molar-refractivity contribution in [2.75, 3.05) is 0 Å². The van der Waals surface area contributed by atoms with Gasteiger partial charge in [-0.3, -0.25) is 9.59 Å². The summed E-state index contributed by atoms with van der Waals surface area (Å²) >= 11 is 0. The van der Waals surface area contributed by atoms with Crippen LogP contribution < -0.4 is 0 Å². The fourth-order valence-corrected chi connectivity index (χ4v) is 8.44. The number of rotatable bonds is 4. The van der Waals surface area contributed by atoms with Crippen LogP contribution >= 0.6 is 0 Å². The standard InChI is InChI=1S/C24H38O4/c1-14(4-9-22(27)28)18-7-8-19-17-6-5-15-12-16(25)10-11-23(15,2)20(17)13-21(26)24(18,19)3/h14-20,25H,4-13H2,1-3H3,(H,27,28)/t14?,15-,16-,17+,18-,19+,20+,23+,24-/m1/s1. The number of carboxylic acid groups (broad SMARTS) is 1. The van der Waals surface area contributed by atoms with E-state index in [2.05, 4.69) is 20.8 Å². The molecule has 1 unspecified atom stereocenters. The third kappa shape index (κ3) is 2.97. The fourth-order valence-electron chi connectivity index (χ4n) is 8.44. The van der Waals surface area contributed by atoms with Crippen LogP contribution in [0.1, 0.15) is 85.0 Å². The molecule has 4 nitrogen and oxygen atoms in total. The number of ketones is 1. The highest BCUT2D eigenvalue weighted by Crippen LogP contribution is 2.67. The number of aliphatic carboxylic acids is 1. The van der Waals surface area contributed by atoms with E-state index in [0.717, 1.165) is 32.1 Å². The highest BCUT2D eigenvalue weighted by atomic mass is 16.4. The summed E-state index contributed by atoms with van der Waals surface area (Å²) in [4.78, 5) is 24.7. The number of carbonyl (C=O) groups is 2. The summed E-state index contributed by atoms with van der Waals surface area (Å²) in [6, 6.07) is 0. The number of carbonyl (C=O) groups excluding carboxylic acids is 1. The second kappa shape index (κ2) is 7.11. The van der Waals surface area contributed by atoms with Gasteiger partial charge in [-0.05, 0) is 92.3 Å². The molecule has 4 aliphatic carbocycles. The monoisotopic (exact) mass is 390 g/mol. The van der Waals surface area contributed by atoms with E-state index in [0.29, 0.717) is 54.1 Å². The van der Waals surface area contributed by atoms with Crippen LogP contribution in [0.15, 0.2) is 0 Å². The minimum atomic E-state index is -0.729. The number of fused-ring (bicyclic) bond motifs is 5. The SMILES string of the molecule is CC(CCC(=O)O)[C@H]1CC[C@H]2[C@@H]3CC[C@@H]4C[C@H](O)CC[C@]4(C)[C@H]3CC(=O)[C@]12C. The minimum Gasteiger partial charge on any atom is -0.481 e. The minimum absolute atomic E-state index is 0.148. The van der Waals surface area contributed by atoms with Crippen LogP contribution in [0.5, 0.6) is 0 Å². The molecule has 0 aliphatic heterocycles. The van der Waals surface area contributed by atoms with Gasteiger partial charge in [0.05, 0.1) is 6.10 Å². The zero-order valence-electron chi connectivity index (χ0n) is 17.8. The van der Waals surface area contributed by atoms with Crippen molar-refractivity contribution in [3.05, 3.63) is 0 Å². The Kier molecular flexibility index (Phi) is 5.17. The number of aliphatic hydroxyl groups is 1. The predicted octanol–water partition coefficient (Wildman–Crippen LogP) is 4.69. The molecule has 4 rings (SSSR count). The molecule has 0 aromatic rings. The zero-order valence-corrected chi connectivity index (χ0v) is 17.8. The normalized spacial score (nSPS) is 49.1. The summed E-state index contributed by atoms with van der Waals surface area (Å²) in [5, 5.41) is 19.3. The lowest BCUT2D eigenvalue weighted by Gasteiger charge is -2.60. The predicted molar refractivity (Wildman–Crippen MR) is 108 cm³/mol. The highest BCUT2D eigenvalue weighted by molar-refractivity contribution is 5.87. The molecule has 0 spiro atoms. The molecular formula is C24H38O4. The molecule has 0 amide bonds. The molecule has 28 heavy (non-hydrogen) atoms. The van der Waals surface area contributed by atoms with Crippen LogP contribution in [0.4, 0.5) is 0 Å². The first-order chi connectivity index (χ1) is 13.2. The fraction of sp³-hybridized carbons (Fsp3) is 0.917. The maximum absolute atomic E-state index is 13.6. The summed E-state index contributed by atoms with van der Waals surface area (Å²) < 4.78 is 0. The number of hydrogen-bond donors (Lipinski definition) is 2. The van der Waals surface area contributed by atoms with Crippen LogP contribution in [0, 0.1) is 46.3 Å². The van der Waals surface area contributed by atoms with Gasteiger partial charge < -0.3 is 10.2 Å². The Morgan fingerprint density at radius 3 is 2.61 bits per heavy atom. The molecule has 4 fully saturated rings. The summed E-state index contributed by atoms with van der Waals surface area (Å²) in [6.07, 6.45) is 8.96. The molecular weight excluding hydrogens is 352 g/mol. The second-order valence-corrected chi connectivity index (χ2v) is 11.1. The highest BCUT2D eigenvalue weighted by Gasteiger charge is 2.63. The first-order valence-electron chi connectivity index (χ1n) is 11.6. The third-order valence-electron chi connectivity index (χ3n) is 10.1. The Hall–Kier alpha value is -0.900. The van der Waals surface area contributed by atoms with Gasteiger partial charge in [0.1, 0.15) is 5.78 Å². The van der Waals surface area contributed by atoms with Crippen LogP contribution in [-0.2, 0) is 9.59 Å². The molecule has 158 valence electrons. The zero-order chi connectivity index (χ0) is 20.3. The lowest BCUT2D eigenvalue weighted by molar-refractivity contribution is -0.160. The van der Waals surface area contributed by atoms with E-state index < -0.39 is 5.97 Å². The number of aliphatic hydroxyl groups excluding tert-OH is 1. The summed E-state index contributed by atoms with van der Waals surface area (Å²) in [5.41, 5.74) is -0.0391. The van der Waals surface area contributed by atoms with E-state index in [1.54, 1.807) is 0 Å². The first-order valence-corrected chi connectivity index (χ1v) is 11.6. The average molecular weight is 391 g/mol. The van der Waals surface area contributed by atoms with Gasteiger partial charge in [0, 0.05) is 18.3 Å². The summed E-state index contributed by atoms with van der Waals surface area (Å²) in [6.45, 7) is 6.81. The van der Waals surface area contributed by atoms with Gasteiger partial charge in [-0.25, -0.2) is 0 Å². The molecule has 0 heterocycles. The maximum atomic E-state index is 13.6.